The van der Waals surface area contributed by atoms with Gasteiger partial charge in [-0.05, 0) is 44.9 Å². The lowest BCUT2D eigenvalue weighted by Crippen LogP contribution is -2.65. The fraction of sp³-hybridized carbons (Fsp3) is 0.936. The first-order valence-corrected chi connectivity index (χ1v) is 39.6. The van der Waals surface area contributed by atoms with Gasteiger partial charge in [-0.15, -0.1) is 0 Å². The quantitative estimate of drug-likeness (QED) is 0.0204. The van der Waals surface area contributed by atoms with Crippen LogP contribution in [0.5, 0.6) is 0 Å². The van der Waals surface area contributed by atoms with Gasteiger partial charge in [0, 0.05) is 6.42 Å². The van der Waals surface area contributed by atoms with Crippen LogP contribution in [0.1, 0.15) is 373 Å². The van der Waals surface area contributed by atoms with Gasteiger partial charge >= 0.3 is 0 Å². The summed E-state index contributed by atoms with van der Waals surface area (Å²) in [6.45, 7) is 2.86. The molecule has 2 fully saturated rings. The fourth-order valence-electron chi connectivity index (χ4n) is 13.4. The highest BCUT2D eigenvalue weighted by molar-refractivity contribution is 5.76. The highest BCUT2D eigenvalue weighted by Crippen LogP contribution is 2.30. The summed E-state index contributed by atoms with van der Waals surface area (Å²) in [6, 6.07) is -0.913. The van der Waals surface area contributed by atoms with E-state index in [1.165, 1.54) is 308 Å². The molecule has 0 spiro atoms. The van der Waals surface area contributed by atoms with Crippen LogP contribution in [0.15, 0.2) is 24.3 Å². The van der Waals surface area contributed by atoms with Gasteiger partial charge in [-0.3, -0.25) is 4.79 Å². The minimum atomic E-state index is -1.79. The Hall–Kier alpha value is -1.53. The molecular formula is C78H149NO13. The topological polar surface area (TPSA) is 228 Å². The summed E-state index contributed by atoms with van der Waals surface area (Å²) in [4.78, 5) is 13.4. The van der Waals surface area contributed by atoms with Crippen molar-refractivity contribution in [1.29, 1.82) is 0 Å². The van der Waals surface area contributed by atoms with E-state index in [4.69, 9.17) is 18.9 Å². The van der Waals surface area contributed by atoms with Gasteiger partial charge in [0.05, 0.1) is 32.0 Å². The van der Waals surface area contributed by atoms with Crippen molar-refractivity contribution in [3.8, 4) is 0 Å². The van der Waals surface area contributed by atoms with Crippen molar-refractivity contribution in [3.05, 3.63) is 24.3 Å². The summed E-state index contributed by atoms with van der Waals surface area (Å²) in [7, 11) is 0. The zero-order valence-electron chi connectivity index (χ0n) is 59.6. The van der Waals surface area contributed by atoms with Crippen LogP contribution >= 0.6 is 0 Å². The molecule has 92 heavy (non-hydrogen) atoms. The number of amides is 1. The van der Waals surface area contributed by atoms with Crippen LogP contribution in [0.2, 0.25) is 0 Å². The average Bonchev–Trinajstić information content (AvgIpc) is 0.915. The molecule has 9 N–H and O–H groups in total. The van der Waals surface area contributed by atoms with E-state index in [1.54, 1.807) is 6.08 Å². The molecule has 0 aliphatic carbocycles. The van der Waals surface area contributed by atoms with Crippen LogP contribution in [0.3, 0.4) is 0 Å². The number of aliphatic hydroxyl groups is 8. The van der Waals surface area contributed by atoms with Crippen molar-refractivity contribution in [2.45, 2.75) is 447 Å². The zero-order chi connectivity index (χ0) is 66.6. The smallest absolute Gasteiger partial charge is 0.220 e. The normalized spacial score (nSPS) is 22.7. The maximum Gasteiger partial charge on any atom is 0.220 e. The molecule has 2 aliphatic heterocycles. The van der Waals surface area contributed by atoms with Gasteiger partial charge in [-0.25, -0.2) is 0 Å². The number of hydrogen-bond acceptors (Lipinski definition) is 13. The molecule has 2 heterocycles. The van der Waals surface area contributed by atoms with Gasteiger partial charge in [-0.1, -0.05) is 346 Å². The van der Waals surface area contributed by atoms with Gasteiger partial charge in [-0.2, -0.15) is 0 Å². The van der Waals surface area contributed by atoms with Crippen molar-refractivity contribution in [3.63, 3.8) is 0 Å². The Kier molecular flexibility index (Phi) is 59.2. The molecule has 0 aromatic heterocycles. The summed E-state index contributed by atoms with van der Waals surface area (Å²) in [6.07, 6.45) is 64.1. The Morgan fingerprint density at radius 1 is 0.380 bits per heavy atom. The molecule has 2 aliphatic rings. The van der Waals surface area contributed by atoms with Crippen LogP contribution in [-0.2, 0) is 23.7 Å². The number of carbonyl (C=O) groups excluding carboxylic acids is 1. The third-order valence-electron chi connectivity index (χ3n) is 19.6. The maximum absolute atomic E-state index is 13.4. The molecule has 544 valence electrons. The molecule has 0 saturated carbocycles. The minimum absolute atomic E-state index is 0.230. The van der Waals surface area contributed by atoms with Crippen LogP contribution in [0.25, 0.3) is 0 Å². The third-order valence-corrected chi connectivity index (χ3v) is 19.6. The molecule has 0 bridgehead atoms. The summed E-state index contributed by atoms with van der Waals surface area (Å²) in [5.41, 5.74) is 0. The van der Waals surface area contributed by atoms with Gasteiger partial charge in [0.1, 0.15) is 48.8 Å². The van der Waals surface area contributed by atoms with Crippen molar-refractivity contribution in [2.24, 2.45) is 0 Å². The lowest BCUT2D eigenvalue weighted by atomic mass is 9.97. The largest absolute Gasteiger partial charge is 0.394 e. The number of carbonyl (C=O) groups is 1. The number of rotatable bonds is 67. The molecular weight excluding hydrogens is 1160 g/mol. The van der Waals surface area contributed by atoms with Crippen molar-refractivity contribution in [2.75, 3.05) is 19.8 Å². The van der Waals surface area contributed by atoms with Crippen molar-refractivity contribution >= 4 is 5.91 Å². The lowest BCUT2D eigenvalue weighted by molar-refractivity contribution is -0.359. The average molecular weight is 1310 g/mol. The van der Waals surface area contributed by atoms with E-state index in [0.29, 0.717) is 6.42 Å². The van der Waals surface area contributed by atoms with Gasteiger partial charge in [0.2, 0.25) is 5.91 Å². The third kappa shape index (κ3) is 45.9. The molecule has 14 nitrogen and oxygen atoms in total. The zero-order valence-corrected chi connectivity index (χ0v) is 59.6. The Balaban J connectivity index is 1.58. The molecule has 0 radical (unpaired) electrons. The van der Waals surface area contributed by atoms with Gasteiger partial charge in [0.15, 0.2) is 12.6 Å². The Morgan fingerprint density at radius 3 is 1.03 bits per heavy atom. The van der Waals surface area contributed by atoms with E-state index in [-0.39, 0.29) is 18.9 Å². The standard InChI is InChI=1S/C78H149NO13/c1-3-5-7-9-11-13-15-17-19-21-23-25-26-27-28-29-30-31-32-33-34-35-36-37-38-39-40-42-44-46-48-50-52-54-56-58-60-62-70(83)79-66(67(82)61-59-57-55-53-51-49-47-45-43-41-24-22-20-18-16-14-12-10-8-6-4-2)65-89-77-75(88)73(86)76(69(64-81)91-77)92-78-74(87)72(85)71(84)68(63-80)90-78/h21,23,59,61,66-69,71-78,80-82,84-88H,3-20,22,24-58,60,62-65H2,1-2H3,(H,79,83)/b23-21-,61-59+. The van der Waals surface area contributed by atoms with E-state index >= 15 is 0 Å². The van der Waals surface area contributed by atoms with Crippen LogP contribution in [-0.4, -0.2) is 140 Å². The lowest BCUT2D eigenvalue weighted by Gasteiger charge is -2.46. The number of aliphatic hydroxyl groups excluding tert-OH is 8. The van der Waals surface area contributed by atoms with Gasteiger partial charge in [0.25, 0.3) is 0 Å². The van der Waals surface area contributed by atoms with Crippen molar-refractivity contribution < 1.29 is 64.6 Å². The Labute approximate surface area is 564 Å². The summed E-state index contributed by atoms with van der Waals surface area (Å²) < 4.78 is 22.9. The van der Waals surface area contributed by atoms with Crippen molar-refractivity contribution in [1.82, 2.24) is 5.32 Å². The monoisotopic (exact) mass is 1310 g/mol. The second kappa shape index (κ2) is 63.0. The van der Waals surface area contributed by atoms with E-state index in [9.17, 15) is 45.6 Å². The van der Waals surface area contributed by atoms with Crippen LogP contribution in [0.4, 0.5) is 0 Å². The number of ether oxygens (including phenoxy) is 4. The second-order valence-electron chi connectivity index (χ2n) is 28.2. The number of unbranched alkanes of at least 4 members (excludes halogenated alkanes) is 52. The first kappa shape index (κ1) is 86.6. The highest BCUT2D eigenvalue weighted by atomic mass is 16.7. The maximum atomic E-state index is 13.4. The highest BCUT2D eigenvalue weighted by Gasteiger charge is 2.51. The van der Waals surface area contributed by atoms with Gasteiger partial charge < -0.3 is 65.1 Å². The van der Waals surface area contributed by atoms with E-state index in [0.717, 1.165) is 38.5 Å². The number of hydrogen-bond donors (Lipinski definition) is 9. The number of allylic oxidation sites excluding steroid dienone is 3. The SMILES string of the molecule is CCCCCCCCCC/C=C\CCCCCCCCCCCCCCCCCCCCCCCCCCCC(=O)NC(COC1OC(CO)C(OC2OC(CO)C(O)C(O)C2O)C(O)C1O)C(O)/C=C/CCCCCCCCCCCCCCCCCCCCC. The van der Waals surface area contributed by atoms with E-state index in [1.807, 2.05) is 6.08 Å². The summed E-state index contributed by atoms with van der Waals surface area (Å²) in [5, 5.41) is 87.6. The molecule has 2 rings (SSSR count). The molecule has 0 aromatic carbocycles. The fourth-order valence-corrected chi connectivity index (χ4v) is 13.4. The Morgan fingerprint density at radius 2 is 0.685 bits per heavy atom. The summed E-state index contributed by atoms with van der Waals surface area (Å²) >= 11 is 0. The molecule has 12 atom stereocenters. The molecule has 12 unspecified atom stereocenters. The Bertz CT molecular complexity index is 1640. The van der Waals surface area contributed by atoms with E-state index in [2.05, 4.69) is 31.3 Å². The molecule has 0 aromatic rings. The minimum Gasteiger partial charge on any atom is -0.394 e. The number of nitrogens with one attached hydrogen (secondary N) is 1. The summed E-state index contributed by atoms with van der Waals surface area (Å²) in [5.74, 6) is -0.230. The second-order valence-corrected chi connectivity index (χ2v) is 28.2. The molecule has 1 amide bonds. The van der Waals surface area contributed by atoms with E-state index < -0.39 is 86.8 Å². The first-order valence-electron chi connectivity index (χ1n) is 39.6. The predicted molar refractivity (Wildman–Crippen MR) is 378 cm³/mol. The van der Waals surface area contributed by atoms with Crippen LogP contribution in [0, 0.1) is 0 Å². The molecule has 2 saturated heterocycles. The molecule has 14 heteroatoms. The van der Waals surface area contributed by atoms with Crippen LogP contribution < -0.4 is 5.32 Å². The predicted octanol–water partition coefficient (Wildman–Crippen LogP) is 17.5. The first-order chi connectivity index (χ1) is 45.1.